The van der Waals surface area contributed by atoms with E-state index < -0.39 is 11.7 Å². The third-order valence-electron chi connectivity index (χ3n) is 4.12. The largest absolute Gasteiger partial charge is 0.416 e. The Kier molecular flexibility index (Phi) is 8.16. The number of aromatic nitrogens is 3. The first-order valence-corrected chi connectivity index (χ1v) is 10.2. The number of benzene rings is 1. The van der Waals surface area contributed by atoms with E-state index in [2.05, 4.69) is 25.8 Å². The number of thioether (sulfide) groups is 1. The molecule has 154 valence electrons. The lowest BCUT2D eigenvalue weighted by molar-refractivity contribution is -0.137. The minimum atomic E-state index is -4.33. The molecule has 0 saturated heterocycles. The summed E-state index contributed by atoms with van der Waals surface area (Å²) in [6.45, 7) is 3.33. The Morgan fingerprint density at radius 1 is 1.18 bits per heavy atom. The molecule has 0 aliphatic carbocycles. The number of nitrogens with one attached hydrogen (secondary N) is 2. The molecule has 2 aromatic rings. The molecule has 2 N–H and O–H groups in total. The molecule has 1 aromatic heterocycles. The van der Waals surface area contributed by atoms with E-state index in [4.69, 9.17) is 0 Å². The zero-order valence-corrected chi connectivity index (χ0v) is 17.0. The van der Waals surface area contributed by atoms with E-state index in [1.807, 2.05) is 24.8 Å². The van der Waals surface area contributed by atoms with Gasteiger partial charge in [-0.05, 0) is 43.0 Å². The molecule has 0 aliphatic heterocycles. The quantitative estimate of drug-likeness (QED) is 0.395. The molecule has 0 amide bonds. The first-order valence-electron chi connectivity index (χ1n) is 8.83. The van der Waals surface area contributed by atoms with Crippen LogP contribution in [0.25, 0.3) is 0 Å². The van der Waals surface area contributed by atoms with Crippen LogP contribution in [0.1, 0.15) is 29.2 Å². The van der Waals surface area contributed by atoms with Gasteiger partial charge in [0.25, 0.3) is 0 Å². The summed E-state index contributed by atoms with van der Waals surface area (Å²) in [4.78, 5) is 4.48. The van der Waals surface area contributed by atoms with Crippen LogP contribution in [0.15, 0.2) is 29.3 Å². The Morgan fingerprint density at radius 3 is 2.46 bits per heavy atom. The average molecular weight is 415 g/mol. The number of aliphatic imine (C=N–C) groups is 1. The molecule has 1 heterocycles. The highest BCUT2D eigenvalue weighted by molar-refractivity contribution is 7.98. The van der Waals surface area contributed by atoms with Crippen molar-refractivity contribution in [2.24, 2.45) is 12.0 Å². The molecule has 0 fully saturated rings. The lowest BCUT2D eigenvalue weighted by Gasteiger charge is -2.13. The third kappa shape index (κ3) is 6.74. The molecule has 0 bridgehead atoms. The van der Waals surface area contributed by atoms with Gasteiger partial charge in [-0.25, -0.2) is 4.99 Å². The van der Waals surface area contributed by atoms with E-state index in [0.29, 0.717) is 18.1 Å². The standard InChI is InChI=1S/C18H25F3N6S/c1-13-25-26-16(27(13)2)12-24-17(22-9-4-10-28-3)23-11-14-5-7-15(8-6-14)18(19,20)21/h5-8H,4,9-12H2,1-3H3,(H2,22,23,24). The molecule has 0 spiro atoms. The predicted octanol–water partition coefficient (Wildman–Crippen LogP) is 3.13. The number of hydrogen-bond donors (Lipinski definition) is 2. The van der Waals surface area contributed by atoms with Crippen molar-refractivity contribution < 1.29 is 13.2 Å². The summed E-state index contributed by atoms with van der Waals surface area (Å²) in [5.74, 6) is 3.20. The zero-order chi connectivity index (χ0) is 20.6. The van der Waals surface area contributed by atoms with E-state index >= 15 is 0 Å². The molecule has 0 atom stereocenters. The van der Waals surface area contributed by atoms with Gasteiger partial charge in [0, 0.05) is 13.6 Å². The third-order valence-corrected chi connectivity index (χ3v) is 4.81. The van der Waals surface area contributed by atoms with Crippen LogP contribution in [-0.2, 0) is 26.3 Å². The molecule has 2 rings (SSSR count). The van der Waals surface area contributed by atoms with Crippen molar-refractivity contribution in [1.29, 1.82) is 0 Å². The van der Waals surface area contributed by atoms with Gasteiger partial charge in [-0.15, -0.1) is 10.2 Å². The predicted molar refractivity (Wildman–Crippen MR) is 106 cm³/mol. The van der Waals surface area contributed by atoms with Crippen LogP contribution in [0.3, 0.4) is 0 Å². The van der Waals surface area contributed by atoms with Gasteiger partial charge in [0.2, 0.25) is 0 Å². The number of hydrogen-bond acceptors (Lipinski definition) is 4. The molecule has 0 unspecified atom stereocenters. The summed E-state index contributed by atoms with van der Waals surface area (Å²) in [7, 11) is 1.89. The van der Waals surface area contributed by atoms with Crippen LogP contribution in [-0.4, -0.2) is 39.3 Å². The number of halogens is 3. The summed E-state index contributed by atoms with van der Waals surface area (Å²) < 4.78 is 39.9. The van der Waals surface area contributed by atoms with Crippen LogP contribution in [0, 0.1) is 6.92 Å². The Hall–Kier alpha value is -2.23. The first-order chi connectivity index (χ1) is 13.3. The molecular weight excluding hydrogens is 389 g/mol. The summed E-state index contributed by atoms with van der Waals surface area (Å²) in [6, 6.07) is 5.05. The fourth-order valence-electron chi connectivity index (χ4n) is 2.33. The lowest BCUT2D eigenvalue weighted by Crippen LogP contribution is -2.38. The minimum absolute atomic E-state index is 0.272. The van der Waals surface area contributed by atoms with Gasteiger partial charge in [0.15, 0.2) is 11.8 Å². The number of alkyl halides is 3. The highest BCUT2D eigenvalue weighted by Gasteiger charge is 2.29. The Labute approximate surface area is 167 Å². The Balaban J connectivity index is 2.01. The molecule has 0 saturated carbocycles. The van der Waals surface area contributed by atoms with Crippen LogP contribution in [0.2, 0.25) is 0 Å². The van der Waals surface area contributed by atoms with E-state index in [0.717, 1.165) is 42.5 Å². The van der Waals surface area contributed by atoms with Crippen molar-refractivity contribution in [3.05, 3.63) is 47.0 Å². The van der Waals surface area contributed by atoms with E-state index in [-0.39, 0.29) is 6.54 Å². The first kappa shape index (κ1) is 22.1. The smallest absolute Gasteiger partial charge is 0.356 e. The van der Waals surface area contributed by atoms with Gasteiger partial charge in [0.1, 0.15) is 5.82 Å². The van der Waals surface area contributed by atoms with Gasteiger partial charge < -0.3 is 15.2 Å². The molecule has 28 heavy (non-hydrogen) atoms. The summed E-state index contributed by atoms with van der Waals surface area (Å²) >= 11 is 1.77. The minimum Gasteiger partial charge on any atom is -0.356 e. The van der Waals surface area contributed by atoms with Crippen molar-refractivity contribution in [2.75, 3.05) is 18.6 Å². The van der Waals surface area contributed by atoms with Gasteiger partial charge in [-0.1, -0.05) is 12.1 Å². The van der Waals surface area contributed by atoms with Crippen LogP contribution in [0.4, 0.5) is 13.2 Å². The molecule has 0 radical (unpaired) electrons. The highest BCUT2D eigenvalue weighted by atomic mass is 32.2. The van der Waals surface area contributed by atoms with Crippen molar-refractivity contribution >= 4 is 17.7 Å². The summed E-state index contributed by atoms with van der Waals surface area (Å²) in [6.07, 6.45) is -1.30. The normalized spacial score (nSPS) is 12.3. The number of aryl methyl sites for hydroxylation is 1. The van der Waals surface area contributed by atoms with Crippen molar-refractivity contribution in [1.82, 2.24) is 25.4 Å². The molecule has 0 aliphatic rings. The van der Waals surface area contributed by atoms with Crippen LogP contribution in [0.5, 0.6) is 0 Å². The average Bonchev–Trinajstić information content (AvgIpc) is 2.98. The van der Waals surface area contributed by atoms with Crippen molar-refractivity contribution in [2.45, 2.75) is 32.6 Å². The Bertz CT molecular complexity index is 771. The Morgan fingerprint density at radius 2 is 1.89 bits per heavy atom. The maximum Gasteiger partial charge on any atom is 0.416 e. The molecule has 10 heteroatoms. The van der Waals surface area contributed by atoms with Gasteiger partial charge in [0.05, 0.1) is 18.7 Å². The fraction of sp³-hybridized carbons (Fsp3) is 0.500. The van der Waals surface area contributed by atoms with Gasteiger partial charge >= 0.3 is 6.18 Å². The summed E-state index contributed by atoms with van der Waals surface area (Å²) in [5.41, 5.74) is 0.0409. The second-order valence-corrected chi connectivity index (χ2v) is 7.19. The van der Waals surface area contributed by atoms with Crippen LogP contribution >= 0.6 is 11.8 Å². The molecular formula is C18H25F3N6S. The maximum absolute atomic E-state index is 12.7. The molecule has 1 aromatic carbocycles. The number of rotatable bonds is 8. The maximum atomic E-state index is 12.7. The monoisotopic (exact) mass is 414 g/mol. The topological polar surface area (TPSA) is 67.1 Å². The fourth-order valence-corrected chi connectivity index (χ4v) is 2.77. The summed E-state index contributed by atoms with van der Waals surface area (Å²) in [5, 5.41) is 14.6. The SMILES string of the molecule is CSCCCNC(=NCc1ccc(C(F)(F)F)cc1)NCc1nnc(C)n1C. The highest BCUT2D eigenvalue weighted by Crippen LogP contribution is 2.29. The van der Waals surface area contributed by atoms with Crippen LogP contribution < -0.4 is 10.6 Å². The van der Waals surface area contributed by atoms with E-state index in [1.165, 1.54) is 12.1 Å². The van der Waals surface area contributed by atoms with E-state index in [1.54, 1.807) is 11.8 Å². The second-order valence-electron chi connectivity index (χ2n) is 6.21. The van der Waals surface area contributed by atoms with Crippen molar-refractivity contribution in [3.63, 3.8) is 0 Å². The number of nitrogens with zero attached hydrogens (tertiary/aromatic N) is 4. The van der Waals surface area contributed by atoms with Gasteiger partial charge in [-0.3, -0.25) is 0 Å². The van der Waals surface area contributed by atoms with Gasteiger partial charge in [-0.2, -0.15) is 24.9 Å². The second kappa shape index (κ2) is 10.4. The zero-order valence-electron chi connectivity index (χ0n) is 16.2. The lowest BCUT2D eigenvalue weighted by atomic mass is 10.1. The molecule has 6 nitrogen and oxygen atoms in total. The number of guanidine groups is 1. The van der Waals surface area contributed by atoms with Crippen molar-refractivity contribution in [3.8, 4) is 0 Å². The van der Waals surface area contributed by atoms with E-state index in [9.17, 15) is 13.2 Å².